The number of halogens is 2. The number of nitrogens with one attached hydrogen (secondary N) is 1. The molecule has 33 heavy (non-hydrogen) atoms. The van der Waals surface area contributed by atoms with E-state index in [0.29, 0.717) is 29.1 Å². The molecule has 0 atom stereocenters. The summed E-state index contributed by atoms with van der Waals surface area (Å²) in [5.41, 5.74) is 1.39. The Bertz CT molecular complexity index is 1280. The summed E-state index contributed by atoms with van der Waals surface area (Å²) in [6.07, 6.45) is 1.57. The summed E-state index contributed by atoms with van der Waals surface area (Å²) in [5, 5.41) is 3.94. The number of carbonyl (C=O) groups excluding carboxylic acids is 2. The number of amides is 2. The van der Waals surface area contributed by atoms with Gasteiger partial charge in [0.15, 0.2) is 0 Å². The van der Waals surface area contributed by atoms with Crippen molar-refractivity contribution in [2.24, 2.45) is 5.41 Å². The highest BCUT2D eigenvalue weighted by molar-refractivity contribution is 6.30. The summed E-state index contributed by atoms with van der Waals surface area (Å²) >= 11 is 11.9. The number of nitrogens with zero attached hydrogens (tertiary/aromatic N) is 3. The zero-order valence-corrected chi connectivity index (χ0v) is 19.9. The van der Waals surface area contributed by atoms with Crippen LogP contribution >= 0.6 is 23.2 Å². The van der Waals surface area contributed by atoms with E-state index in [1.54, 1.807) is 41.4 Å². The molecule has 7 nitrogen and oxygen atoms in total. The van der Waals surface area contributed by atoms with Gasteiger partial charge in [0.1, 0.15) is 17.8 Å². The average molecular weight is 487 g/mol. The first-order valence-corrected chi connectivity index (χ1v) is 11.5. The fourth-order valence-electron chi connectivity index (χ4n) is 3.97. The van der Waals surface area contributed by atoms with Crippen LogP contribution in [0.3, 0.4) is 0 Å². The number of carbonyl (C=O) groups is 2. The fourth-order valence-corrected chi connectivity index (χ4v) is 4.24. The number of benzene rings is 1. The van der Waals surface area contributed by atoms with Crippen LogP contribution in [0, 0.1) is 5.41 Å². The van der Waals surface area contributed by atoms with Gasteiger partial charge in [-0.1, -0.05) is 37.6 Å². The standard InChI is InChI=1S/C24H24Cl2N4O3/c1-24(2)13-29(14-24)20(31)12-30-21-17(7-16(9-25)11-27-21)8-19(23(30)33)22(32)28-10-15-3-5-18(26)6-4-15/h3-8,11H,9-10,12-14H2,1-2H3,(H,28,32). The second-order valence-electron chi connectivity index (χ2n) is 9.06. The van der Waals surface area contributed by atoms with E-state index in [1.807, 2.05) is 0 Å². The third-order valence-corrected chi connectivity index (χ3v) is 6.19. The molecule has 2 amide bonds. The molecule has 1 N–H and O–H groups in total. The maximum Gasteiger partial charge on any atom is 0.265 e. The van der Waals surface area contributed by atoms with E-state index in [4.69, 9.17) is 23.2 Å². The van der Waals surface area contributed by atoms with Crippen molar-refractivity contribution >= 4 is 46.0 Å². The molecule has 172 valence electrons. The molecular formula is C24H24Cl2N4O3. The topological polar surface area (TPSA) is 84.3 Å². The molecule has 0 saturated carbocycles. The molecule has 4 rings (SSSR count). The molecule has 3 heterocycles. The predicted octanol–water partition coefficient (Wildman–Crippen LogP) is 3.59. The highest BCUT2D eigenvalue weighted by Gasteiger charge is 2.37. The smallest absolute Gasteiger partial charge is 0.265 e. The van der Waals surface area contributed by atoms with Gasteiger partial charge >= 0.3 is 0 Å². The van der Waals surface area contributed by atoms with Gasteiger partial charge in [-0.3, -0.25) is 19.0 Å². The molecule has 3 aromatic rings. The number of alkyl halides is 1. The van der Waals surface area contributed by atoms with Crippen LogP contribution in [-0.2, 0) is 23.8 Å². The first-order valence-electron chi connectivity index (χ1n) is 10.6. The Morgan fingerprint density at radius 1 is 1.12 bits per heavy atom. The first-order chi connectivity index (χ1) is 15.7. The van der Waals surface area contributed by atoms with Crippen LogP contribution in [0.15, 0.2) is 47.4 Å². The molecular weight excluding hydrogens is 463 g/mol. The van der Waals surface area contributed by atoms with Gasteiger partial charge in [-0.2, -0.15) is 0 Å². The second kappa shape index (κ2) is 9.15. The van der Waals surface area contributed by atoms with E-state index in [2.05, 4.69) is 24.1 Å². The summed E-state index contributed by atoms with van der Waals surface area (Å²) in [7, 11) is 0. The molecule has 1 aliphatic heterocycles. The molecule has 0 spiro atoms. The molecule has 1 fully saturated rings. The lowest BCUT2D eigenvalue weighted by molar-refractivity contribution is -0.142. The van der Waals surface area contributed by atoms with Crippen LogP contribution in [0.4, 0.5) is 0 Å². The van der Waals surface area contributed by atoms with Gasteiger partial charge in [-0.05, 0) is 40.8 Å². The minimum atomic E-state index is -0.560. The van der Waals surface area contributed by atoms with Crippen molar-refractivity contribution in [1.82, 2.24) is 19.8 Å². The highest BCUT2D eigenvalue weighted by atomic mass is 35.5. The van der Waals surface area contributed by atoms with E-state index in [-0.39, 0.29) is 35.9 Å². The molecule has 0 bridgehead atoms. The second-order valence-corrected chi connectivity index (χ2v) is 9.77. The molecule has 9 heteroatoms. The number of likely N-dealkylation sites (tertiary alicyclic amines) is 1. The SMILES string of the molecule is CC1(C)CN(C(=O)Cn2c(=O)c(C(=O)NCc3ccc(Cl)cc3)cc3cc(CCl)cnc32)C1. The van der Waals surface area contributed by atoms with Crippen LogP contribution in [-0.4, -0.2) is 39.4 Å². The molecule has 1 aliphatic rings. The first kappa shape index (κ1) is 23.3. The minimum absolute atomic E-state index is 0.0540. The molecule has 1 aromatic carbocycles. The van der Waals surface area contributed by atoms with Gasteiger partial charge in [0.25, 0.3) is 11.5 Å². The normalized spacial score (nSPS) is 14.7. The number of hydrogen-bond donors (Lipinski definition) is 1. The molecule has 0 unspecified atom stereocenters. The zero-order chi connectivity index (χ0) is 23.8. The van der Waals surface area contributed by atoms with Crippen molar-refractivity contribution < 1.29 is 9.59 Å². The van der Waals surface area contributed by atoms with Crippen molar-refractivity contribution in [2.75, 3.05) is 13.1 Å². The van der Waals surface area contributed by atoms with Crippen molar-refractivity contribution in [1.29, 1.82) is 0 Å². The van der Waals surface area contributed by atoms with E-state index in [0.717, 1.165) is 11.1 Å². The Labute approximate surface area is 201 Å². The van der Waals surface area contributed by atoms with Gasteiger partial charge in [-0.15, -0.1) is 11.6 Å². The third-order valence-electron chi connectivity index (χ3n) is 5.63. The van der Waals surface area contributed by atoms with Crippen molar-refractivity contribution in [2.45, 2.75) is 32.8 Å². The summed E-state index contributed by atoms with van der Waals surface area (Å²) in [6, 6.07) is 10.3. The van der Waals surface area contributed by atoms with Crippen molar-refractivity contribution in [3.05, 3.63) is 74.7 Å². The Balaban J connectivity index is 1.66. The maximum atomic E-state index is 13.3. The van der Waals surface area contributed by atoms with E-state index >= 15 is 0 Å². The maximum absolute atomic E-state index is 13.3. The van der Waals surface area contributed by atoms with E-state index in [9.17, 15) is 14.4 Å². The summed E-state index contributed by atoms with van der Waals surface area (Å²) in [5.74, 6) is -0.471. The minimum Gasteiger partial charge on any atom is -0.348 e. The molecule has 0 aliphatic carbocycles. The highest BCUT2D eigenvalue weighted by Crippen LogP contribution is 2.28. The number of rotatable bonds is 6. The quantitative estimate of drug-likeness (QED) is 0.539. The van der Waals surface area contributed by atoms with Gasteiger partial charge in [0.2, 0.25) is 5.91 Å². The third kappa shape index (κ3) is 5.04. The predicted molar refractivity (Wildman–Crippen MR) is 129 cm³/mol. The number of hydrogen-bond acceptors (Lipinski definition) is 4. The van der Waals surface area contributed by atoms with Crippen LogP contribution in [0.1, 0.15) is 35.3 Å². The number of fused-ring (bicyclic) bond motifs is 1. The van der Waals surface area contributed by atoms with Gasteiger partial charge in [-0.25, -0.2) is 4.98 Å². The lowest BCUT2D eigenvalue weighted by Crippen LogP contribution is -2.56. The van der Waals surface area contributed by atoms with E-state index in [1.165, 1.54) is 10.6 Å². The van der Waals surface area contributed by atoms with Crippen LogP contribution in [0.5, 0.6) is 0 Å². The van der Waals surface area contributed by atoms with Crippen molar-refractivity contribution in [3.8, 4) is 0 Å². The molecule has 0 radical (unpaired) electrons. The zero-order valence-electron chi connectivity index (χ0n) is 18.4. The number of aromatic nitrogens is 2. The van der Waals surface area contributed by atoms with E-state index < -0.39 is 11.5 Å². The molecule has 2 aromatic heterocycles. The summed E-state index contributed by atoms with van der Waals surface area (Å²) in [4.78, 5) is 45.1. The summed E-state index contributed by atoms with van der Waals surface area (Å²) in [6.45, 7) is 5.47. The van der Waals surface area contributed by atoms with Crippen LogP contribution in [0.2, 0.25) is 5.02 Å². The summed E-state index contributed by atoms with van der Waals surface area (Å²) < 4.78 is 1.28. The van der Waals surface area contributed by atoms with Gasteiger partial charge in [0, 0.05) is 42.1 Å². The van der Waals surface area contributed by atoms with Gasteiger partial charge in [0.05, 0.1) is 0 Å². The van der Waals surface area contributed by atoms with Crippen molar-refractivity contribution in [3.63, 3.8) is 0 Å². The Kier molecular flexibility index (Phi) is 6.45. The molecule has 1 saturated heterocycles. The van der Waals surface area contributed by atoms with Crippen LogP contribution < -0.4 is 10.9 Å². The fraction of sp³-hybridized carbons (Fsp3) is 0.333. The lowest BCUT2D eigenvalue weighted by atomic mass is 9.84. The Morgan fingerprint density at radius 3 is 2.45 bits per heavy atom. The monoisotopic (exact) mass is 486 g/mol. The van der Waals surface area contributed by atoms with Crippen LogP contribution in [0.25, 0.3) is 11.0 Å². The lowest BCUT2D eigenvalue weighted by Gasteiger charge is -2.45. The average Bonchev–Trinajstić information content (AvgIpc) is 2.78. The largest absolute Gasteiger partial charge is 0.348 e. The Morgan fingerprint density at radius 2 is 1.82 bits per heavy atom. The Hall–Kier alpha value is -2.90. The number of pyridine rings is 2. The van der Waals surface area contributed by atoms with Gasteiger partial charge < -0.3 is 10.2 Å².